The van der Waals surface area contributed by atoms with Crippen LogP contribution in [-0.4, -0.2) is 40.8 Å². The number of carbonyl (C=O) groups is 1. The van der Waals surface area contributed by atoms with Crippen molar-refractivity contribution in [2.75, 3.05) is 30.0 Å². The van der Waals surface area contributed by atoms with Gasteiger partial charge in [0.15, 0.2) is 5.11 Å². The number of anilines is 2. The third kappa shape index (κ3) is 5.18. The monoisotopic (exact) mass is 585 g/mol. The van der Waals surface area contributed by atoms with Crippen molar-refractivity contribution < 1.29 is 9.53 Å². The third-order valence-electron chi connectivity index (χ3n) is 8.08. The van der Waals surface area contributed by atoms with Gasteiger partial charge in [0.25, 0.3) is 0 Å². The number of hydrogen-bond acceptors (Lipinski definition) is 5. The van der Waals surface area contributed by atoms with E-state index in [-0.39, 0.29) is 12.1 Å². The molecule has 2 fully saturated rings. The quantitative estimate of drug-likeness (QED) is 0.199. The fourth-order valence-corrected chi connectivity index (χ4v) is 6.55. The minimum atomic E-state index is -0.395. The van der Waals surface area contributed by atoms with E-state index in [9.17, 15) is 4.79 Å². The lowest BCUT2D eigenvalue weighted by molar-refractivity contribution is 0.0600. The highest BCUT2D eigenvalue weighted by Gasteiger charge is 2.42. The molecule has 0 radical (unpaired) electrons. The number of nitrogens with zero attached hydrogens (tertiary/aromatic N) is 4. The van der Waals surface area contributed by atoms with E-state index in [2.05, 4.69) is 45.2 Å². The molecule has 7 nitrogen and oxygen atoms in total. The van der Waals surface area contributed by atoms with Gasteiger partial charge in [-0.25, -0.2) is 4.79 Å². The first-order valence-electron chi connectivity index (χ1n) is 13.9. The van der Waals surface area contributed by atoms with Crippen molar-refractivity contribution in [3.8, 4) is 5.69 Å². The zero-order chi connectivity index (χ0) is 28.5. The van der Waals surface area contributed by atoms with Crippen LogP contribution in [0, 0.1) is 5.92 Å². The summed E-state index contributed by atoms with van der Waals surface area (Å²) >= 11 is 12.9. The van der Waals surface area contributed by atoms with Crippen LogP contribution in [0.15, 0.2) is 85.2 Å². The predicted octanol–water partition coefficient (Wildman–Crippen LogP) is 6.73. The van der Waals surface area contributed by atoms with Crippen molar-refractivity contribution in [1.82, 2.24) is 14.9 Å². The number of halogens is 1. The van der Waals surface area contributed by atoms with E-state index in [1.54, 1.807) is 12.3 Å². The molecule has 210 valence electrons. The highest BCUT2D eigenvalue weighted by atomic mass is 35.5. The third-order valence-corrected chi connectivity index (χ3v) is 8.70. The van der Waals surface area contributed by atoms with Gasteiger partial charge in [-0.3, -0.25) is 4.98 Å². The van der Waals surface area contributed by atoms with Crippen molar-refractivity contribution in [3.05, 3.63) is 107 Å². The number of piperidine rings is 1. The van der Waals surface area contributed by atoms with Gasteiger partial charge >= 0.3 is 5.97 Å². The number of pyridine rings is 1. The fraction of sp³-hybridized carbons (Fsp3) is 0.281. The van der Waals surface area contributed by atoms with Gasteiger partial charge in [-0.1, -0.05) is 36.7 Å². The molecule has 2 aliphatic rings. The Bertz CT molecular complexity index is 1570. The van der Waals surface area contributed by atoms with Crippen molar-refractivity contribution in [2.24, 2.45) is 5.92 Å². The standard InChI is InChI=1S/C32H32ClN5O2S/c1-21-14-18-36(19-15-21)27-13-12-22(20-24(27)33)38-30(29(35-32(38)41)25-9-5-6-16-34-25)28-11-7-17-37(28)26-10-4-3-8-23(26)31(39)40-2/h3-13,16-17,20-21,29-30H,14-15,18-19H2,1-2H3,(H,35,41)/t29-,30-/m1/s1. The van der Waals surface area contributed by atoms with E-state index in [0.717, 1.165) is 60.3 Å². The lowest BCUT2D eigenvalue weighted by Gasteiger charge is -2.33. The molecule has 0 spiro atoms. The first-order valence-corrected chi connectivity index (χ1v) is 14.6. The molecular formula is C32H32ClN5O2S. The summed E-state index contributed by atoms with van der Waals surface area (Å²) in [5, 5.41) is 4.80. The summed E-state index contributed by atoms with van der Waals surface area (Å²) in [4.78, 5) is 21.9. The Labute approximate surface area is 250 Å². The molecule has 6 rings (SSSR count). The number of para-hydroxylation sites is 1. The van der Waals surface area contributed by atoms with Crippen LogP contribution in [0.5, 0.6) is 0 Å². The molecule has 2 aromatic heterocycles. The Balaban J connectivity index is 1.45. The highest BCUT2D eigenvalue weighted by molar-refractivity contribution is 7.80. The molecule has 0 bridgehead atoms. The van der Waals surface area contributed by atoms with Crippen molar-refractivity contribution >= 4 is 46.3 Å². The molecule has 0 unspecified atom stereocenters. The maximum atomic E-state index is 12.7. The van der Waals surface area contributed by atoms with Gasteiger partial charge in [0, 0.05) is 36.9 Å². The van der Waals surface area contributed by atoms with E-state index in [1.807, 2.05) is 59.3 Å². The second kappa shape index (κ2) is 11.5. The van der Waals surface area contributed by atoms with Crippen LogP contribution < -0.4 is 15.1 Å². The molecular weight excluding hydrogens is 554 g/mol. The average Bonchev–Trinajstić information content (AvgIpc) is 3.62. The molecule has 41 heavy (non-hydrogen) atoms. The van der Waals surface area contributed by atoms with Crippen molar-refractivity contribution in [3.63, 3.8) is 0 Å². The summed E-state index contributed by atoms with van der Waals surface area (Å²) in [6, 6.07) is 23.0. The number of aromatic nitrogens is 2. The molecule has 2 atom stereocenters. The van der Waals surface area contributed by atoms with Crippen LogP contribution in [-0.2, 0) is 4.74 Å². The minimum Gasteiger partial charge on any atom is -0.465 e. The molecule has 4 heterocycles. The average molecular weight is 586 g/mol. The maximum Gasteiger partial charge on any atom is 0.339 e. The predicted molar refractivity (Wildman–Crippen MR) is 167 cm³/mol. The minimum absolute atomic E-state index is 0.246. The van der Waals surface area contributed by atoms with Crippen molar-refractivity contribution in [2.45, 2.75) is 31.8 Å². The maximum absolute atomic E-state index is 12.7. The summed E-state index contributed by atoms with van der Waals surface area (Å²) in [6.07, 6.45) is 6.07. The lowest BCUT2D eigenvalue weighted by Crippen LogP contribution is -2.33. The summed E-state index contributed by atoms with van der Waals surface area (Å²) in [7, 11) is 1.39. The molecule has 0 aliphatic carbocycles. The number of esters is 1. The lowest BCUT2D eigenvalue weighted by atomic mass is 9.98. The summed E-state index contributed by atoms with van der Waals surface area (Å²) in [5.74, 6) is 0.343. The number of thiocarbonyl (C=S) groups is 1. The Kier molecular flexibility index (Phi) is 7.69. The Morgan fingerprint density at radius 2 is 1.80 bits per heavy atom. The van der Waals surface area contributed by atoms with Gasteiger partial charge in [0.05, 0.1) is 40.8 Å². The Morgan fingerprint density at radius 1 is 1.02 bits per heavy atom. The van der Waals surface area contributed by atoms with Crippen LogP contribution in [0.1, 0.15) is 53.6 Å². The first-order chi connectivity index (χ1) is 20.0. The zero-order valence-corrected chi connectivity index (χ0v) is 24.6. The summed E-state index contributed by atoms with van der Waals surface area (Å²) < 4.78 is 7.12. The van der Waals surface area contributed by atoms with E-state index in [4.69, 9.17) is 28.6 Å². The van der Waals surface area contributed by atoms with Crippen LogP contribution >= 0.6 is 23.8 Å². The molecule has 0 saturated carbocycles. The SMILES string of the molecule is COC(=O)c1ccccc1-n1cccc1[C@@H]1[C@@H](c2ccccn2)NC(=S)N1c1ccc(N2CCC(C)CC2)c(Cl)c1. The highest BCUT2D eigenvalue weighted by Crippen LogP contribution is 2.44. The topological polar surface area (TPSA) is 62.6 Å². The van der Waals surface area contributed by atoms with Crippen LogP contribution in [0.25, 0.3) is 5.69 Å². The van der Waals surface area contributed by atoms with Gasteiger partial charge in [-0.2, -0.15) is 0 Å². The van der Waals surface area contributed by atoms with Crippen LogP contribution in [0.3, 0.4) is 0 Å². The van der Waals surface area contributed by atoms with E-state index < -0.39 is 5.97 Å². The zero-order valence-electron chi connectivity index (χ0n) is 23.0. The number of hydrogen-bond donors (Lipinski definition) is 1. The van der Waals surface area contributed by atoms with E-state index >= 15 is 0 Å². The van der Waals surface area contributed by atoms with Gasteiger partial charge in [0.2, 0.25) is 0 Å². The largest absolute Gasteiger partial charge is 0.465 e. The van der Waals surface area contributed by atoms with Crippen molar-refractivity contribution in [1.29, 1.82) is 0 Å². The number of carbonyl (C=O) groups excluding carboxylic acids is 1. The number of methoxy groups -OCH3 is 1. The summed E-state index contributed by atoms with van der Waals surface area (Å²) in [6.45, 7) is 4.31. The molecule has 2 aliphatic heterocycles. The fourth-order valence-electron chi connectivity index (χ4n) is 5.91. The number of ether oxygens (including phenoxy) is 1. The number of benzene rings is 2. The van der Waals surface area contributed by atoms with E-state index in [1.165, 1.54) is 7.11 Å². The Morgan fingerprint density at radius 3 is 2.54 bits per heavy atom. The molecule has 0 amide bonds. The van der Waals surface area contributed by atoms with Gasteiger partial charge in [-0.05, 0) is 85.6 Å². The normalized spacial score (nSPS) is 19.3. The smallest absolute Gasteiger partial charge is 0.339 e. The molecule has 9 heteroatoms. The summed E-state index contributed by atoms with van der Waals surface area (Å²) in [5.41, 5.74) is 4.94. The molecule has 2 saturated heterocycles. The second-order valence-corrected chi connectivity index (χ2v) is 11.4. The molecule has 1 N–H and O–H groups in total. The van der Waals surface area contributed by atoms with Gasteiger partial charge < -0.3 is 24.4 Å². The van der Waals surface area contributed by atoms with Crippen LogP contribution in [0.4, 0.5) is 11.4 Å². The molecule has 4 aromatic rings. The second-order valence-electron chi connectivity index (χ2n) is 10.6. The number of nitrogens with one attached hydrogen (secondary N) is 1. The molecule has 2 aromatic carbocycles. The van der Waals surface area contributed by atoms with Gasteiger partial charge in [0.1, 0.15) is 6.04 Å². The van der Waals surface area contributed by atoms with Gasteiger partial charge in [-0.15, -0.1) is 0 Å². The first kappa shape index (κ1) is 27.3. The van der Waals surface area contributed by atoms with E-state index in [0.29, 0.717) is 15.7 Å². The Hall–Kier alpha value is -3.88. The number of rotatable bonds is 6. The van der Waals surface area contributed by atoms with Crippen LogP contribution in [0.2, 0.25) is 5.02 Å².